The van der Waals surface area contributed by atoms with E-state index >= 15 is 0 Å². The lowest BCUT2D eigenvalue weighted by molar-refractivity contribution is -0.143. The number of amides is 2. The lowest BCUT2D eigenvalue weighted by Gasteiger charge is -2.31. The number of hydrogen-bond acceptors (Lipinski definition) is 6. The molecular formula is C23H31N3O5. The molecule has 0 aliphatic carbocycles. The molecule has 8 nitrogen and oxygen atoms in total. The van der Waals surface area contributed by atoms with Gasteiger partial charge in [0.15, 0.2) is 0 Å². The molecule has 2 aromatic rings. The van der Waals surface area contributed by atoms with Crippen LogP contribution < -0.4 is 0 Å². The molecule has 0 atom stereocenters. The van der Waals surface area contributed by atoms with Crippen molar-refractivity contribution >= 4 is 11.8 Å². The van der Waals surface area contributed by atoms with Crippen molar-refractivity contribution in [2.75, 3.05) is 59.7 Å². The summed E-state index contributed by atoms with van der Waals surface area (Å²) >= 11 is 0. The first-order valence-corrected chi connectivity index (χ1v) is 10.6. The Labute approximate surface area is 183 Å². The van der Waals surface area contributed by atoms with Gasteiger partial charge in [0.2, 0.25) is 11.8 Å². The number of hydrogen-bond donors (Lipinski definition) is 0. The highest BCUT2D eigenvalue weighted by molar-refractivity contribution is 5.85. The van der Waals surface area contributed by atoms with Crippen molar-refractivity contribution in [2.24, 2.45) is 0 Å². The largest absolute Gasteiger partial charge is 0.467 e. The van der Waals surface area contributed by atoms with Crippen LogP contribution in [0.4, 0.5) is 0 Å². The van der Waals surface area contributed by atoms with E-state index in [0.29, 0.717) is 45.2 Å². The molecule has 0 unspecified atom stereocenters. The van der Waals surface area contributed by atoms with Crippen LogP contribution in [0.3, 0.4) is 0 Å². The monoisotopic (exact) mass is 429 g/mol. The number of rotatable bonds is 11. The van der Waals surface area contributed by atoms with Gasteiger partial charge >= 0.3 is 0 Å². The highest BCUT2D eigenvalue weighted by Gasteiger charge is 2.23. The summed E-state index contributed by atoms with van der Waals surface area (Å²) in [5.41, 5.74) is 1.02. The molecule has 0 N–H and O–H groups in total. The van der Waals surface area contributed by atoms with Crippen molar-refractivity contribution in [1.82, 2.24) is 14.7 Å². The molecule has 1 aromatic heterocycles. The van der Waals surface area contributed by atoms with E-state index in [4.69, 9.17) is 13.9 Å². The van der Waals surface area contributed by atoms with Gasteiger partial charge in [0.05, 0.1) is 32.6 Å². The van der Waals surface area contributed by atoms with E-state index in [-0.39, 0.29) is 25.0 Å². The molecule has 0 radical (unpaired) electrons. The minimum atomic E-state index is -0.193. The van der Waals surface area contributed by atoms with Crippen LogP contribution in [0.5, 0.6) is 0 Å². The average molecular weight is 430 g/mol. The van der Waals surface area contributed by atoms with Crippen molar-refractivity contribution in [3.05, 3.63) is 60.1 Å². The summed E-state index contributed by atoms with van der Waals surface area (Å²) < 4.78 is 15.9. The first kappa shape index (κ1) is 23.0. The third-order valence-electron chi connectivity index (χ3n) is 5.23. The predicted octanol–water partition coefficient (Wildman–Crippen LogP) is 1.62. The van der Waals surface area contributed by atoms with Crippen LogP contribution in [-0.4, -0.2) is 86.2 Å². The number of ether oxygens (including phenoxy) is 2. The topological polar surface area (TPSA) is 75.5 Å². The third kappa shape index (κ3) is 7.50. The van der Waals surface area contributed by atoms with E-state index in [2.05, 4.69) is 4.90 Å². The number of carbonyl (C=O) groups excluding carboxylic acids is 2. The van der Waals surface area contributed by atoms with Crippen molar-refractivity contribution < 1.29 is 23.5 Å². The van der Waals surface area contributed by atoms with Crippen LogP contribution in [0.25, 0.3) is 0 Å². The number of furan rings is 1. The molecule has 0 spiro atoms. The maximum atomic E-state index is 13.3. The fourth-order valence-electron chi connectivity index (χ4n) is 3.48. The SMILES string of the molecule is COCC(=O)N(CCN1CCOCC1)CC(=O)N(Cc1ccccc1)Cc1ccco1. The van der Waals surface area contributed by atoms with Gasteiger partial charge in [-0.15, -0.1) is 0 Å². The van der Waals surface area contributed by atoms with Crippen LogP contribution in [-0.2, 0) is 32.2 Å². The fraction of sp³-hybridized carbons (Fsp3) is 0.478. The van der Waals surface area contributed by atoms with E-state index in [1.54, 1.807) is 22.1 Å². The molecule has 2 heterocycles. The maximum Gasteiger partial charge on any atom is 0.249 e. The van der Waals surface area contributed by atoms with E-state index in [1.165, 1.54) is 7.11 Å². The number of carbonyl (C=O) groups is 2. The molecule has 8 heteroatoms. The second kappa shape index (κ2) is 12.2. The summed E-state index contributed by atoms with van der Waals surface area (Å²) in [6.07, 6.45) is 1.59. The van der Waals surface area contributed by atoms with Crippen molar-refractivity contribution in [2.45, 2.75) is 13.1 Å². The molecule has 0 saturated carbocycles. The standard InChI is InChI=1S/C23H31N3O5/c1-29-19-23(28)25(10-9-24-11-14-30-15-12-24)18-22(27)26(17-21-8-5-13-31-21)16-20-6-3-2-4-7-20/h2-8,13H,9-12,14-19H2,1H3. The molecule has 1 aliphatic rings. The van der Waals surface area contributed by atoms with Crippen LogP contribution >= 0.6 is 0 Å². The molecule has 1 saturated heterocycles. The minimum absolute atomic E-state index is 0.0000749. The Morgan fingerprint density at radius 3 is 2.45 bits per heavy atom. The summed E-state index contributed by atoms with van der Waals surface area (Å²) in [5, 5.41) is 0. The van der Waals surface area contributed by atoms with Crippen LogP contribution in [0.15, 0.2) is 53.1 Å². The summed E-state index contributed by atoms with van der Waals surface area (Å²) in [5.74, 6) is 0.376. The highest BCUT2D eigenvalue weighted by atomic mass is 16.5. The molecular weight excluding hydrogens is 398 g/mol. The third-order valence-corrected chi connectivity index (χ3v) is 5.23. The number of methoxy groups -OCH3 is 1. The maximum absolute atomic E-state index is 13.3. The molecule has 168 valence electrons. The molecule has 3 rings (SSSR count). The number of benzene rings is 1. The second-order valence-corrected chi connectivity index (χ2v) is 7.52. The van der Waals surface area contributed by atoms with Gasteiger partial charge in [0.25, 0.3) is 0 Å². The molecule has 0 bridgehead atoms. The average Bonchev–Trinajstić information content (AvgIpc) is 3.31. The fourth-order valence-corrected chi connectivity index (χ4v) is 3.48. The Hall–Kier alpha value is -2.68. The first-order valence-electron chi connectivity index (χ1n) is 10.6. The number of morpholine rings is 1. The van der Waals surface area contributed by atoms with Crippen LogP contribution in [0.1, 0.15) is 11.3 Å². The Kier molecular flexibility index (Phi) is 9.08. The van der Waals surface area contributed by atoms with Gasteiger partial charge in [-0.3, -0.25) is 14.5 Å². The Bertz CT molecular complexity index is 791. The Morgan fingerprint density at radius 2 is 1.77 bits per heavy atom. The Morgan fingerprint density at radius 1 is 1.00 bits per heavy atom. The van der Waals surface area contributed by atoms with E-state index < -0.39 is 0 Å². The summed E-state index contributed by atoms with van der Waals surface area (Å²) in [7, 11) is 1.48. The molecule has 1 fully saturated rings. The van der Waals surface area contributed by atoms with Gasteiger partial charge in [0, 0.05) is 39.8 Å². The zero-order valence-electron chi connectivity index (χ0n) is 18.1. The van der Waals surface area contributed by atoms with E-state index in [1.807, 2.05) is 36.4 Å². The van der Waals surface area contributed by atoms with Gasteiger partial charge in [-0.25, -0.2) is 0 Å². The lowest BCUT2D eigenvalue weighted by Crippen LogP contribution is -2.47. The van der Waals surface area contributed by atoms with Crippen molar-refractivity contribution in [3.63, 3.8) is 0 Å². The zero-order valence-corrected chi connectivity index (χ0v) is 18.1. The van der Waals surface area contributed by atoms with Crippen molar-refractivity contribution in [3.8, 4) is 0 Å². The molecule has 2 amide bonds. The number of nitrogens with zero attached hydrogens (tertiary/aromatic N) is 3. The van der Waals surface area contributed by atoms with Gasteiger partial charge in [-0.1, -0.05) is 30.3 Å². The quantitative estimate of drug-likeness (QED) is 0.540. The van der Waals surface area contributed by atoms with Gasteiger partial charge in [-0.05, 0) is 17.7 Å². The van der Waals surface area contributed by atoms with Crippen molar-refractivity contribution in [1.29, 1.82) is 0 Å². The minimum Gasteiger partial charge on any atom is -0.467 e. The van der Waals surface area contributed by atoms with Gasteiger partial charge in [0.1, 0.15) is 12.4 Å². The van der Waals surface area contributed by atoms with E-state index in [0.717, 1.165) is 18.7 Å². The second-order valence-electron chi connectivity index (χ2n) is 7.52. The zero-order chi connectivity index (χ0) is 21.9. The first-order chi connectivity index (χ1) is 15.2. The summed E-state index contributed by atoms with van der Waals surface area (Å²) in [6, 6.07) is 13.4. The van der Waals surface area contributed by atoms with Crippen LogP contribution in [0, 0.1) is 0 Å². The predicted molar refractivity (Wildman–Crippen MR) is 115 cm³/mol. The highest BCUT2D eigenvalue weighted by Crippen LogP contribution is 2.12. The van der Waals surface area contributed by atoms with Crippen LogP contribution in [0.2, 0.25) is 0 Å². The molecule has 1 aliphatic heterocycles. The summed E-state index contributed by atoms with van der Waals surface area (Å²) in [6.45, 7) is 4.95. The molecule has 31 heavy (non-hydrogen) atoms. The normalized spacial score (nSPS) is 14.4. The Balaban J connectivity index is 1.67. The smallest absolute Gasteiger partial charge is 0.249 e. The van der Waals surface area contributed by atoms with Gasteiger partial charge in [-0.2, -0.15) is 0 Å². The summed E-state index contributed by atoms with van der Waals surface area (Å²) in [4.78, 5) is 31.4. The molecule has 1 aromatic carbocycles. The van der Waals surface area contributed by atoms with Gasteiger partial charge < -0.3 is 23.7 Å². The van der Waals surface area contributed by atoms with E-state index in [9.17, 15) is 9.59 Å². The lowest BCUT2D eigenvalue weighted by atomic mass is 10.2.